The number of rotatable bonds is 6. The molecule has 0 aliphatic carbocycles. The van der Waals surface area contributed by atoms with E-state index in [0.29, 0.717) is 11.8 Å². The minimum absolute atomic E-state index is 0.0886. The normalized spacial score (nSPS) is 20.4. The summed E-state index contributed by atoms with van der Waals surface area (Å²) in [5.41, 5.74) is -0.0886. The molecule has 1 aliphatic heterocycles. The van der Waals surface area contributed by atoms with Crippen molar-refractivity contribution in [2.45, 2.75) is 53.4 Å². The van der Waals surface area contributed by atoms with Crippen molar-refractivity contribution in [3.63, 3.8) is 0 Å². The topological polar surface area (TPSA) is 32.3 Å². The second-order valence-corrected chi connectivity index (χ2v) is 5.74. The lowest BCUT2D eigenvalue weighted by Crippen LogP contribution is -2.50. The van der Waals surface area contributed by atoms with Gasteiger partial charge in [0.2, 0.25) is 5.91 Å². The van der Waals surface area contributed by atoms with E-state index in [2.05, 4.69) is 37.9 Å². The van der Waals surface area contributed by atoms with E-state index >= 15 is 0 Å². The van der Waals surface area contributed by atoms with E-state index in [1.807, 2.05) is 0 Å². The molecule has 1 unspecified atom stereocenters. The molecular formula is C15H30N2O. The molecule has 1 N–H and O–H groups in total. The first-order chi connectivity index (χ1) is 8.59. The van der Waals surface area contributed by atoms with Gasteiger partial charge < -0.3 is 10.2 Å². The summed E-state index contributed by atoms with van der Waals surface area (Å²) in [6.45, 7) is 12.4. The second-order valence-electron chi connectivity index (χ2n) is 5.74. The molecular weight excluding hydrogens is 224 g/mol. The summed E-state index contributed by atoms with van der Waals surface area (Å²) in [7, 11) is 0. The number of piperidine rings is 1. The molecule has 0 aromatic heterocycles. The van der Waals surface area contributed by atoms with Crippen molar-refractivity contribution in [3.8, 4) is 0 Å². The fourth-order valence-electron chi connectivity index (χ4n) is 2.82. The fourth-order valence-corrected chi connectivity index (χ4v) is 2.82. The van der Waals surface area contributed by atoms with Crippen LogP contribution in [0.4, 0.5) is 0 Å². The SMILES string of the molecule is CCC(C)CN(CC)C(=O)C1(CC)CCNCC1. The van der Waals surface area contributed by atoms with Crippen LogP contribution in [0.2, 0.25) is 0 Å². The van der Waals surface area contributed by atoms with E-state index in [1.165, 1.54) is 0 Å². The summed E-state index contributed by atoms with van der Waals surface area (Å²) in [5.74, 6) is 0.999. The molecule has 1 rings (SSSR count). The van der Waals surface area contributed by atoms with Crippen LogP contribution in [-0.4, -0.2) is 37.0 Å². The van der Waals surface area contributed by atoms with Gasteiger partial charge in [0, 0.05) is 13.1 Å². The van der Waals surface area contributed by atoms with Gasteiger partial charge >= 0.3 is 0 Å². The molecule has 0 radical (unpaired) electrons. The predicted octanol–water partition coefficient (Wildman–Crippen LogP) is 2.66. The molecule has 0 bridgehead atoms. The van der Waals surface area contributed by atoms with Gasteiger partial charge in [-0.25, -0.2) is 0 Å². The lowest BCUT2D eigenvalue weighted by molar-refractivity contribution is -0.144. The predicted molar refractivity (Wildman–Crippen MR) is 76.5 cm³/mol. The lowest BCUT2D eigenvalue weighted by atomic mass is 9.75. The van der Waals surface area contributed by atoms with Crippen molar-refractivity contribution in [1.29, 1.82) is 0 Å². The van der Waals surface area contributed by atoms with Gasteiger partial charge in [-0.1, -0.05) is 27.2 Å². The fraction of sp³-hybridized carbons (Fsp3) is 0.933. The highest BCUT2D eigenvalue weighted by atomic mass is 16.2. The van der Waals surface area contributed by atoms with Crippen molar-refractivity contribution < 1.29 is 4.79 Å². The van der Waals surface area contributed by atoms with Crippen LogP contribution in [0.15, 0.2) is 0 Å². The summed E-state index contributed by atoms with van der Waals surface area (Å²) < 4.78 is 0. The molecule has 0 aromatic carbocycles. The summed E-state index contributed by atoms with van der Waals surface area (Å²) in [6, 6.07) is 0. The molecule has 106 valence electrons. The van der Waals surface area contributed by atoms with Crippen LogP contribution >= 0.6 is 0 Å². The van der Waals surface area contributed by atoms with Crippen LogP contribution in [-0.2, 0) is 4.79 Å². The Labute approximate surface area is 112 Å². The van der Waals surface area contributed by atoms with Gasteiger partial charge in [0.15, 0.2) is 0 Å². The maximum Gasteiger partial charge on any atom is 0.228 e. The molecule has 0 saturated carbocycles. The third-order valence-electron chi connectivity index (χ3n) is 4.59. The van der Waals surface area contributed by atoms with Gasteiger partial charge in [0.25, 0.3) is 0 Å². The highest BCUT2D eigenvalue weighted by Gasteiger charge is 2.40. The van der Waals surface area contributed by atoms with E-state index in [9.17, 15) is 4.79 Å². The average Bonchev–Trinajstić information content (AvgIpc) is 2.44. The Hall–Kier alpha value is -0.570. The first-order valence-electron chi connectivity index (χ1n) is 7.59. The number of hydrogen-bond donors (Lipinski definition) is 1. The standard InChI is InChI=1S/C15H30N2O/c1-5-13(4)12-17(7-3)14(18)15(6-2)8-10-16-11-9-15/h13,16H,5-12H2,1-4H3. The van der Waals surface area contributed by atoms with E-state index in [0.717, 1.165) is 51.9 Å². The van der Waals surface area contributed by atoms with Crippen molar-refractivity contribution >= 4 is 5.91 Å². The van der Waals surface area contributed by atoms with Crippen LogP contribution in [0.1, 0.15) is 53.4 Å². The lowest BCUT2D eigenvalue weighted by Gasteiger charge is -2.40. The number of carbonyl (C=O) groups excluding carboxylic acids is 1. The highest BCUT2D eigenvalue weighted by molar-refractivity contribution is 5.82. The Morgan fingerprint density at radius 2 is 1.89 bits per heavy atom. The number of hydrogen-bond acceptors (Lipinski definition) is 2. The van der Waals surface area contributed by atoms with E-state index in [-0.39, 0.29) is 5.41 Å². The molecule has 18 heavy (non-hydrogen) atoms. The molecule has 1 amide bonds. The van der Waals surface area contributed by atoms with E-state index in [1.54, 1.807) is 0 Å². The molecule has 1 atom stereocenters. The van der Waals surface area contributed by atoms with Crippen molar-refractivity contribution in [2.75, 3.05) is 26.2 Å². The van der Waals surface area contributed by atoms with Gasteiger partial charge in [-0.05, 0) is 45.2 Å². The molecule has 3 heteroatoms. The monoisotopic (exact) mass is 254 g/mol. The summed E-state index contributed by atoms with van der Waals surface area (Å²) >= 11 is 0. The first-order valence-corrected chi connectivity index (χ1v) is 7.59. The Bertz CT molecular complexity index is 259. The van der Waals surface area contributed by atoms with Gasteiger partial charge in [-0.15, -0.1) is 0 Å². The van der Waals surface area contributed by atoms with Crippen molar-refractivity contribution in [2.24, 2.45) is 11.3 Å². The summed E-state index contributed by atoms with van der Waals surface area (Å²) in [6.07, 6.45) is 4.12. The zero-order valence-corrected chi connectivity index (χ0v) is 12.6. The van der Waals surface area contributed by atoms with Crippen molar-refractivity contribution in [1.82, 2.24) is 10.2 Å². The second kappa shape index (κ2) is 7.13. The Morgan fingerprint density at radius 3 is 2.33 bits per heavy atom. The number of nitrogens with one attached hydrogen (secondary N) is 1. The zero-order chi connectivity index (χ0) is 13.6. The number of amides is 1. The first kappa shape index (κ1) is 15.5. The van der Waals surface area contributed by atoms with Crippen LogP contribution < -0.4 is 5.32 Å². The van der Waals surface area contributed by atoms with Crippen molar-refractivity contribution in [3.05, 3.63) is 0 Å². The molecule has 1 saturated heterocycles. The van der Waals surface area contributed by atoms with Crippen LogP contribution in [0.25, 0.3) is 0 Å². The maximum absolute atomic E-state index is 12.8. The highest BCUT2D eigenvalue weighted by Crippen LogP contribution is 2.34. The third kappa shape index (κ3) is 3.47. The minimum Gasteiger partial charge on any atom is -0.342 e. The molecule has 3 nitrogen and oxygen atoms in total. The zero-order valence-electron chi connectivity index (χ0n) is 12.6. The average molecular weight is 254 g/mol. The Morgan fingerprint density at radius 1 is 1.28 bits per heavy atom. The molecule has 1 heterocycles. The van der Waals surface area contributed by atoms with E-state index < -0.39 is 0 Å². The molecule has 0 spiro atoms. The number of carbonyl (C=O) groups is 1. The quantitative estimate of drug-likeness (QED) is 0.790. The van der Waals surface area contributed by atoms with Crippen LogP contribution in [0.5, 0.6) is 0 Å². The van der Waals surface area contributed by atoms with E-state index in [4.69, 9.17) is 0 Å². The van der Waals surface area contributed by atoms with Crippen LogP contribution in [0, 0.1) is 11.3 Å². The molecule has 1 aliphatic rings. The Balaban J connectivity index is 2.73. The van der Waals surface area contributed by atoms with Gasteiger partial charge in [0.05, 0.1) is 5.41 Å². The smallest absolute Gasteiger partial charge is 0.228 e. The summed E-state index contributed by atoms with van der Waals surface area (Å²) in [4.78, 5) is 14.9. The molecule has 0 aromatic rings. The van der Waals surface area contributed by atoms with Gasteiger partial charge in [0.1, 0.15) is 0 Å². The van der Waals surface area contributed by atoms with Crippen LogP contribution in [0.3, 0.4) is 0 Å². The van der Waals surface area contributed by atoms with Gasteiger partial charge in [-0.2, -0.15) is 0 Å². The third-order valence-corrected chi connectivity index (χ3v) is 4.59. The van der Waals surface area contributed by atoms with Gasteiger partial charge in [-0.3, -0.25) is 4.79 Å². The maximum atomic E-state index is 12.8. The number of nitrogens with zero attached hydrogens (tertiary/aromatic N) is 1. The summed E-state index contributed by atoms with van der Waals surface area (Å²) in [5, 5.41) is 3.37. The minimum atomic E-state index is -0.0886. The Kier molecular flexibility index (Phi) is 6.13. The molecule has 1 fully saturated rings. The largest absolute Gasteiger partial charge is 0.342 e.